The van der Waals surface area contributed by atoms with Gasteiger partial charge in [0.05, 0.1) is 0 Å². The molecule has 0 heterocycles. The second kappa shape index (κ2) is 4.68. The second-order valence-corrected chi connectivity index (χ2v) is 6.71. The van der Waals surface area contributed by atoms with E-state index in [9.17, 15) is 0 Å². The fraction of sp³-hybridized carbons (Fsp3) is 1.00. The van der Waals surface area contributed by atoms with Crippen molar-refractivity contribution < 1.29 is 0 Å². The Kier molecular flexibility index (Phi) is 4.04. The average Bonchev–Trinajstić information content (AvgIpc) is 2.02. The van der Waals surface area contributed by atoms with Crippen molar-refractivity contribution in [3.05, 3.63) is 0 Å². The predicted molar refractivity (Wildman–Crippen MR) is 64.4 cm³/mol. The van der Waals surface area contributed by atoms with Crippen molar-refractivity contribution in [1.82, 2.24) is 0 Å². The fourth-order valence-corrected chi connectivity index (χ4v) is 2.93. The lowest BCUT2D eigenvalue weighted by molar-refractivity contribution is 0.141. The molecule has 0 amide bonds. The van der Waals surface area contributed by atoms with Crippen molar-refractivity contribution >= 4 is 0 Å². The normalized spacial score (nSPS) is 29.6. The van der Waals surface area contributed by atoms with Crippen LogP contribution < -0.4 is 0 Å². The van der Waals surface area contributed by atoms with E-state index in [-0.39, 0.29) is 0 Å². The van der Waals surface area contributed by atoms with E-state index in [1.807, 2.05) is 0 Å². The van der Waals surface area contributed by atoms with Gasteiger partial charge in [-0.25, -0.2) is 0 Å². The van der Waals surface area contributed by atoms with Crippen molar-refractivity contribution in [3.63, 3.8) is 0 Å². The van der Waals surface area contributed by atoms with Crippen molar-refractivity contribution in [3.8, 4) is 0 Å². The standard InChI is InChI=1S/C14H28/c1-11(2)10-12-6-8-13(9-7-12)14(3,4)5/h11-13H,6-10H2,1-5H3. The summed E-state index contributed by atoms with van der Waals surface area (Å²) in [6.07, 6.45) is 7.37. The molecule has 1 fully saturated rings. The highest BCUT2D eigenvalue weighted by atomic mass is 14.3. The summed E-state index contributed by atoms with van der Waals surface area (Å²) < 4.78 is 0. The van der Waals surface area contributed by atoms with Gasteiger partial charge in [0, 0.05) is 0 Å². The summed E-state index contributed by atoms with van der Waals surface area (Å²) in [6, 6.07) is 0. The number of hydrogen-bond donors (Lipinski definition) is 0. The van der Waals surface area contributed by atoms with Crippen molar-refractivity contribution in [2.24, 2.45) is 23.2 Å². The van der Waals surface area contributed by atoms with Crippen LogP contribution in [-0.4, -0.2) is 0 Å². The molecule has 0 aliphatic heterocycles. The van der Waals surface area contributed by atoms with Crippen molar-refractivity contribution in [2.45, 2.75) is 66.7 Å². The van der Waals surface area contributed by atoms with Crippen molar-refractivity contribution in [2.75, 3.05) is 0 Å². The molecule has 1 aliphatic rings. The van der Waals surface area contributed by atoms with Gasteiger partial charge in [-0.2, -0.15) is 0 Å². The summed E-state index contributed by atoms with van der Waals surface area (Å²) in [5.41, 5.74) is 0.544. The summed E-state index contributed by atoms with van der Waals surface area (Å²) in [5.74, 6) is 2.91. The summed E-state index contributed by atoms with van der Waals surface area (Å²) in [7, 11) is 0. The zero-order valence-electron chi connectivity index (χ0n) is 10.8. The molecular formula is C14H28. The smallest absolute Gasteiger partial charge is 0.0354 e. The minimum Gasteiger partial charge on any atom is -0.0628 e. The number of hydrogen-bond acceptors (Lipinski definition) is 0. The third-order valence-electron chi connectivity index (χ3n) is 3.88. The van der Waals surface area contributed by atoms with E-state index in [1.54, 1.807) is 0 Å². The molecule has 0 spiro atoms. The monoisotopic (exact) mass is 196 g/mol. The lowest BCUT2D eigenvalue weighted by Crippen LogP contribution is -2.26. The predicted octanol–water partition coefficient (Wildman–Crippen LogP) is 4.89. The molecule has 0 unspecified atom stereocenters. The molecule has 14 heavy (non-hydrogen) atoms. The maximum absolute atomic E-state index is 2.40. The molecule has 1 aliphatic carbocycles. The highest BCUT2D eigenvalue weighted by Crippen LogP contribution is 2.41. The van der Waals surface area contributed by atoms with Crippen LogP contribution in [-0.2, 0) is 0 Å². The van der Waals surface area contributed by atoms with E-state index in [0.717, 1.165) is 17.8 Å². The topological polar surface area (TPSA) is 0 Å². The van der Waals surface area contributed by atoms with Gasteiger partial charge in [0.1, 0.15) is 0 Å². The minimum atomic E-state index is 0.544. The first-order chi connectivity index (χ1) is 6.39. The van der Waals surface area contributed by atoms with Gasteiger partial charge in [0.25, 0.3) is 0 Å². The molecule has 0 bridgehead atoms. The Morgan fingerprint density at radius 3 is 1.86 bits per heavy atom. The maximum Gasteiger partial charge on any atom is -0.0354 e. The van der Waals surface area contributed by atoms with Crippen LogP contribution >= 0.6 is 0 Å². The zero-order chi connectivity index (χ0) is 10.8. The molecule has 84 valence electrons. The van der Waals surface area contributed by atoms with Crippen LogP contribution in [0.4, 0.5) is 0 Å². The van der Waals surface area contributed by atoms with Gasteiger partial charge in [-0.1, -0.05) is 47.5 Å². The van der Waals surface area contributed by atoms with Crippen LogP contribution in [0.25, 0.3) is 0 Å². The van der Waals surface area contributed by atoms with Gasteiger partial charge in [-0.05, 0) is 42.4 Å². The highest BCUT2D eigenvalue weighted by molar-refractivity contribution is 4.80. The summed E-state index contributed by atoms with van der Waals surface area (Å²) in [5, 5.41) is 0. The average molecular weight is 196 g/mol. The molecule has 0 saturated heterocycles. The summed E-state index contributed by atoms with van der Waals surface area (Å²) in [4.78, 5) is 0. The Morgan fingerprint density at radius 2 is 1.50 bits per heavy atom. The van der Waals surface area contributed by atoms with Crippen LogP contribution in [0.2, 0.25) is 0 Å². The third-order valence-corrected chi connectivity index (χ3v) is 3.88. The van der Waals surface area contributed by atoms with Crippen molar-refractivity contribution in [1.29, 1.82) is 0 Å². The summed E-state index contributed by atoms with van der Waals surface area (Å²) in [6.45, 7) is 11.9. The van der Waals surface area contributed by atoms with E-state index in [4.69, 9.17) is 0 Å². The van der Waals surface area contributed by atoms with E-state index >= 15 is 0 Å². The van der Waals surface area contributed by atoms with Gasteiger partial charge in [-0.3, -0.25) is 0 Å². The Morgan fingerprint density at radius 1 is 1.00 bits per heavy atom. The quantitative estimate of drug-likeness (QED) is 0.590. The van der Waals surface area contributed by atoms with E-state index in [1.165, 1.54) is 32.1 Å². The highest BCUT2D eigenvalue weighted by Gasteiger charge is 2.29. The minimum absolute atomic E-state index is 0.544. The first-order valence-corrected chi connectivity index (χ1v) is 6.39. The van der Waals surface area contributed by atoms with Crippen LogP contribution in [0.1, 0.15) is 66.7 Å². The molecular weight excluding hydrogens is 168 g/mol. The first kappa shape index (κ1) is 12.1. The largest absolute Gasteiger partial charge is 0.0628 e. The molecule has 0 aromatic rings. The molecule has 0 nitrogen and oxygen atoms in total. The molecule has 0 heteroatoms. The molecule has 1 rings (SSSR count). The van der Waals surface area contributed by atoms with Gasteiger partial charge in [-0.15, -0.1) is 0 Å². The molecule has 0 aromatic heterocycles. The zero-order valence-corrected chi connectivity index (χ0v) is 10.8. The van der Waals surface area contributed by atoms with E-state index in [2.05, 4.69) is 34.6 Å². The lowest BCUT2D eigenvalue weighted by atomic mass is 9.69. The Hall–Kier alpha value is 0. The van der Waals surface area contributed by atoms with E-state index < -0.39 is 0 Å². The molecule has 0 atom stereocenters. The number of rotatable bonds is 2. The van der Waals surface area contributed by atoms with Gasteiger partial charge in [0.2, 0.25) is 0 Å². The third kappa shape index (κ3) is 3.63. The van der Waals surface area contributed by atoms with Crippen LogP contribution in [0, 0.1) is 23.2 Å². The van der Waals surface area contributed by atoms with Gasteiger partial charge >= 0.3 is 0 Å². The van der Waals surface area contributed by atoms with E-state index in [0.29, 0.717) is 5.41 Å². The Labute approximate surface area is 90.5 Å². The molecule has 0 N–H and O–H groups in total. The summed E-state index contributed by atoms with van der Waals surface area (Å²) >= 11 is 0. The van der Waals surface area contributed by atoms with Crippen LogP contribution in [0.15, 0.2) is 0 Å². The maximum atomic E-state index is 2.40. The Balaban J connectivity index is 2.31. The lowest BCUT2D eigenvalue weighted by Gasteiger charge is -2.37. The fourth-order valence-electron chi connectivity index (χ4n) is 2.93. The Bertz CT molecular complexity index is 153. The van der Waals surface area contributed by atoms with Crippen LogP contribution in [0.3, 0.4) is 0 Å². The van der Waals surface area contributed by atoms with Crippen LogP contribution in [0.5, 0.6) is 0 Å². The van der Waals surface area contributed by atoms with Gasteiger partial charge < -0.3 is 0 Å². The molecule has 0 aromatic carbocycles. The molecule has 1 saturated carbocycles. The first-order valence-electron chi connectivity index (χ1n) is 6.39. The van der Waals surface area contributed by atoms with Gasteiger partial charge in [0.15, 0.2) is 0 Å². The second-order valence-electron chi connectivity index (χ2n) is 6.71. The molecule has 0 radical (unpaired) electrons. The SMILES string of the molecule is CC(C)CC1CCC(C(C)(C)C)CC1.